The van der Waals surface area contributed by atoms with Gasteiger partial charge in [0.1, 0.15) is 5.75 Å². The van der Waals surface area contributed by atoms with E-state index in [0.717, 1.165) is 47.7 Å². The normalized spacial score (nSPS) is 18.4. The molecule has 1 aliphatic carbocycles. The van der Waals surface area contributed by atoms with Gasteiger partial charge in [0.15, 0.2) is 9.84 Å². The highest BCUT2D eigenvalue weighted by atomic mass is 32.2. The van der Waals surface area contributed by atoms with Crippen LogP contribution in [0, 0.1) is 10.8 Å². The zero-order valence-corrected chi connectivity index (χ0v) is 22.2. The minimum atomic E-state index is -3.33. The molecule has 7 heteroatoms. The summed E-state index contributed by atoms with van der Waals surface area (Å²) in [4.78, 5) is 5.22. The largest absolute Gasteiger partial charge is 0.491 e. The standard InChI is InChI=1S/C27H37N3O3S/c1-18(2)33-21-10-8-19(9-11-21)28-25-29-23-13-12-22(34(7,31)32)14-24(23)30(25)20-15-26(3,4)17-27(5,6)16-20/h8-14,18,20H,15-17H2,1-7H3,(H,28,29). The molecule has 0 unspecified atom stereocenters. The first-order chi connectivity index (χ1) is 15.7. The summed E-state index contributed by atoms with van der Waals surface area (Å²) in [5.41, 5.74) is 2.89. The molecule has 1 aromatic heterocycles. The second-order valence-corrected chi connectivity index (χ2v) is 13.6. The van der Waals surface area contributed by atoms with Gasteiger partial charge in [0.25, 0.3) is 0 Å². The molecule has 184 valence electrons. The number of aromatic nitrogens is 2. The molecular weight excluding hydrogens is 446 g/mol. The first kappa shape index (κ1) is 24.6. The van der Waals surface area contributed by atoms with Crippen LogP contribution >= 0.6 is 0 Å². The van der Waals surface area contributed by atoms with E-state index in [1.54, 1.807) is 12.1 Å². The maximum absolute atomic E-state index is 12.3. The van der Waals surface area contributed by atoms with Crippen LogP contribution in [0.25, 0.3) is 11.0 Å². The third kappa shape index (κ3) is 5.40. The van der Waals surface area contributed by atoms with Gasteiger partial charge in [0.05, 0.1) is 22.0 Å². The van der Waals surface area contributed by atoms with Crippen LogP contribution in [0.2, 0.25) is 0 Å². The van der Waals surface area contributed by atoms with Gasteiger partial charge < -0.3 is 14.6 Å². The second-order valence-electron chi connectivity index (χ2n) is 11.6. The monoisotopic (exact) mass is 483 g/mol. The van der Waals surface area contributed by atoms with Gasteiger partial charge in [-0.2, -0.15) is 0 Å². The Balaban J connectivity index is 1.81. The molecule has 0 saturated heterocycles. The van der Waals surface area contributed by atoms with E-state index in [1.165, 1.54) is 6.26 Å². The third-order valence-electron chi connectivity index (χ3n) is 6.47. The molecule has 0 atom stereocenters. The zero-order valence-electron chi connectivity index (χ0n) is 21.3. The first-order valence-corrected chi connectivity index (χ1v) is 13.9. The summed E-state index contributed by atoms with van der Waals surface area (Å²) in [5.74, 6) is 1.55. The number of hydrogen-bond acceptors (Lipinski definition) is 5. The van der Waals surface area contributed by atoms with E-state index in [0.29, 0.717) is 4.90 Å². The lowest BCUT2D eigenvalue weighted by Crippen LogP contribution is -2.35. The molecule has 2 aromatic carbocycles. The predicted molar refractivity (Wildman–Crippen MR) is 139 cm³/mol. The Hall–Kier alpha value is -2.54. The zero-order chi connectivity index (χ0) is 24.9. The van der Waals surface area contributed by atoms with E-state index < -0.39 is 9.84 Å². The summed E-state index contributed by atoms with van der Waals surface area (Å²) in [7, 11) is -3.33. The molecule has 1 aliphatic rings. The molecule has 4 rings (SSSR count). The van der Waals surface area contributed by atoms with E-state index in [-0.39, 0.29) is 23.0 Å². The van der Waals surface area contributed by atoms with Gasteiger partial charge in [-0.25, -0.2) is 13.4 Å². The minimum absolute atomic E-state index is 0.116. The summed E-state index contributed by atoms with van der Waals surface area (Å²) < 4.78 is 32.6. The van der Waals surface area contributed by atoms with Crippen molar-refractivity contribution in [1.82, 2.24) is 9.55 Å². The molecule has 1 fully saturated rings. The SMILES string of the molecule is CC(C)Oc1ccc(Nc2nc3ccc(S(C)(=O)=O)cc3n2C2CC(C)(C)CC(C)(C)C2)cc1. The smallest absolute Gasteiger partial charge is 0.208 e. The van der Waals surface area contributed by atoms with Crippen LogP contribution in [-0.2, 0) is 9.84 Å². The van der Waals surface area contributed by atoms with Crippen molar-refractivity contribution < 1.29 is 13.2 Å². The molecular formula is C27H37N3O3S. The average molecular weight is 484 g/mol. The lowest BCUT2D eigenvalue weighted by atomic mass is 9.63. The molecule has 6 nitrogen and oxygen atoms in total. The summed E-state index contributed by atoms with van der Waals surface area (Å²) in [6.45, 7) is 13.3. The Morgan fingerprint density at radius 3 is 2.21 bits per heavy atom. The Morgan fingerprint density at radius 2 is 1.65 bits per heavy atom. The van der Waals surface area contributed by atoms with Crippen LogP contribution in [-0.4, -0.2) is 30.3 Å². The Kier molecular flexibility index (Phi) is 6.21. The number of imidazole rings is 1. The van der Waals surface area contributed by atoms with E-state index in [2.05, 4.69) is 37.6 Å². The lowest BCUT2D eigenvalue weighted by Gasteiger charge is -2.45. The van der Waals surface area contributed by atoms with Crippen molar-refractivity contribution in [1.29, 1.82) is 0 Å². The molecule has 3 aromatic rings. The Bertz CT molecular complexity index is 1270. The van der Waals surface area contributed by atoms with E-state index in [4.69, 9.17) is 9.72 Å². The van der Waals surface area contributed by atoms with Crippen molar-refractivity contribution in [3.63, 3.8) is 0 Å². The van der Waals surface area contributed by atoms with Crippen LogP contribution in [0.1, 0.15) is 66.8 Å². The number of fused-ring (bicyclic) bond motifs is 1. The molecule has 0 spiro atoms. The Morgan fingerprint density at radius 1 is 1.03 bits per heavy atom. The quantitative estimate of drug-likeness (QED) is 0.420. The first-order valence-electron chi connectivity index (χ1n) is 12.0. The van der Waals surface area contributed by atoms with E-state index >= 15 is 0 Å². The van der Waals surface area contributed by atoms with Gasteiger partial charge in [0, 0.05) is 18.0 Å². The van der Waals surface area contributed by atoms with Crippen molar-refractivity contribution in [2.24, 2.45) is 10.8 Å². The average Bonchev–Trinajstić information content (AvgIpc) is 3.03. The van der Waals surface area contributed by atoms with Crippen molar-refractivity contribution in [2.45, 2.75) is 77.8 Å². The third-order valence-corrected chi connectivity index (χ3v) is 7.58. The van der Waals surface area contributed by atoms with Crippen molar-refractivity contribution >= 4 is 32.5 Å². The highest BCUT2D eigenvalue weighted by Crippen LogP contribution is 2.51. The predicted octanol–water partition coefficient (Wildman–Crippen LogP) is 6.75. The molecule has 34 heavy (non-hydrogen) atoms. The molecule has 1 N–H and O–H groups in total. The number of benzene rings is 2. The Labute approximate surface area is 203 Å². The van der Waals surface area contributed by atoms with Gasteiger partial charge >= 0.3 is 0 Å². The highest BCUT2D eigenvalue weighted by Gasteiger charge is 2.40. The van der Waals surface area contributed by atoms with E-state index in [1.807, 2.05) is 44.2 Å². The molecule has 1 heterocycles. The molecule has 1 saturated carbocycles. The number of sulfone groups is 1. The number of rotatable bonds is 6. The van der Waals surface area contributed by atoms with E-state index in [9.17, 15) is 8.42 Å². The van der Waals surface area contributed by atoms with Gasteiger partial charge in [-0.1, -0.05) is 27.7 Å². The summed E-state index contributed by atoms with van der Waals surface area (Å²) in [6, 6.07) is 13.3. The van der Waals surface area contributed by atoms with Gasteiger partial charge in [-0.3, -0.25) is 0 Å². The van der Waals surface area contributed by atoms with Gasteiger partial charge in [0.2, 0.25) is 5.95 Å². The van der Waals surface area contributed by atoms with Crippen molar-refractivity contribution in [3.05, 3.63) is 42.5 Å². The summed E-state index contributed by atoms with van der Waals surface area (Å²) >= 11 is 0. The molecule has 0 aliphatic heterocycles. The second kappa shape index (κ2) is 8.59. The number of nitrogens with one attached hydrogen (secondary N) is 1. The molecule has 0 amide bonds. The number of nitrogens with zero attached hydrogens (tertiary/aromatic N) is 2. The maximum Gasteiger partial charge on any atom is 0.208 e. The van der Waals surface area contributed by atoms with Gasteiger partial charge in [-0.15, -0.1) is 0 Å². The van der Waals surface area contributed by atoms with Crippen LogP contribution in [0.3, 0.4) is 0 Å². The minimum Gasteiger partial charge on any atom is -0.491 e. The van der Waals surface area contributed by atoms with Crippen molar-refractivity contribution in [2.75, 3.05) is 11.6 Å². The number of hydrogen-bond donors (Lipinski definition) is 1. The number of ether oxygens (including phenoxy) is 1. The van der Waals surface area contributed by atoms with Crippen LogP contribution < -0.4 is 10.1 Å². The maximum atomic E-state index is 12.3. The lowest BCUT2D eigenvalue weighted by molar-refractivity contribution is 0.0746. The fourth-order valence-electron chi connectivity index (χ4n) is 5.75. The summed E-state index contributed by atoms with van der Waals surface area (Å²) in [6.07, 6.45) is 4.52. The topological polar surface area (TPSA) is 73.2 Å². The van der Waals surface area contributed by atoms with Crippen LogP contribution in [0.15, 0.2) is 47.4 Å². The van der Waals surface area contributed by atoms with Gasteiger partial charge in [-0.05, 0) is 86.4 Å². The molecule has 0 bridgehead atoms. The van der Waals surface area contributed by atoms with Crippen molar-refractivity contribution in [3.8, 4) is 5.75 Å². The highest BCUT2D eigenvalue weighted by molar-refractivity contribution is 7.90. The molecule has 0 radical (unpaired) electrons. The summed E-state index contributed by atoms with van der Waals surface area (Å²) in [5, 5.41) is 3.50. The fraction of sp³-hybridized carbons (Fsp3) is 0.519. The number of anilines is 2. The van der Waals surface area contributed by atoms with Crippen LogP contribution in [0.4, 0.5) is 11.6 Å². The fourth-order valence-corrected chi connectivity index (χ4v) is 6.39. The van der Waals surface area contributed by atoms with Crippen LogP contribution in [0.5, 0.6) is 5.75 Å².